The second kappa shape index (κ2) is 7.24. The molecular formula is C23H25N3O2. The topological polar surface area (TPSA) is 65.2 Å². The predicted octanol–water partition coefficient (Wildman–Crippen LogP) is 3.56. The van der Waals surface area contributed by atoms with Crippen LogP contribution in [0.15, 0.2) is 42.6 Å². The summed E-state index contributed by atoms with van der Waals surface area (Å²) in [7, 11) is 0. The Balaban J connectivity index is 1.43. The second-order valence-corrected chi connectivity index (χ2v) is 7.66. The number of amides is 2. The van der Waals surface area contributed by atoms with E-state index in [1.165, 1.54) is 21.4 Å². The largest absolute Gasteiger partial charge is 0.361 e. The molecule has 1 aliphatic heterocycles. The van der Waals surface area contributed by atoms with Crippen LogP contribution in [0.4, 0.5) is 5.69 Å². The first-order valence-corrected chi connectivity index (χ1v) is 9.68. The molecule has 2 N–H and O–H groups in total. The monoisotopic (exact) mass is 375 g/mol. The molecule has 144 valence electrons. The van der Waals surface area contributed by atoms with Gasteiger partial charge in [-0.3, -0.25) is 9.59 Å². The van der Waals surface area contributed by atoms with Gasteiger partial charge in [0.2, 0.25) is 5.91 Å². The van der Waals surface area contributed by atoms with Crippen LogP contribution < -0.4 is 10.2 Å². The number of carbonyl (C=O) groups excluding carboxylic acids is 2. The Labute approximate surface area is 164 Å². The van der Waals surface area contributed by atoms with Crippen molar-refractivity contribution < 1.29 is 9.59 Å². The average Bonchev–Trinajstić information content (AvgIpc) is 3.18. The molecule has 4 rings (SSSR count). The standard InChI is InChI=1S/C23H25N3O2/c1-14-4-7-20-19(10-14)17(13-25-20)8-9-24-21-12-22(27)26(23(21)28)18-6-5-15(2)16(3)11-18/h4-7,10-11,13,21,24-25H,8-9,12H2,1-3H3/t21-/m1/s1. The maximum absolute atomic E-state index is 12.8. The van der Waals surface area contributed by atoms with E-state index in [9.17, 15) is 9.59 Å². The smallest absolute Gasteiger partial charge is 0.251 e. The van der Waals surface area contributed by atoms with Gasteiger partial charge in [-0.2, -0.15) is 0 Å². The molecule has 0 saturated carbocycles. The van der Waals surface area contributed by atoms with Crippen molar-refractivity contribution in [1.82, 2.24) is 10.3 Å². The third-order valence-electron chi connectivity index (χ3n) is 5.60. The minimum absolute atomic E-state index is 0.145. The Kier molecular flexibility index (Phi) is 4.77. The number of aromatic nitrogens is 1. The van der Waals surface area contributed by atoms with Gasteiger partial charge in [-0.15, -0.1) is 0 Å². The van der Waals surface area contributed by atoms with Crippen LogP contribution >= 0.6 is 0 Å². The molecule has 5 nitrogen and oxygen atoms in total. The number of carbonyl (C=O) groups is 2. The van der Waals surface area contributed by atoms with E-state index >= 15 is 0 Å². The molecule has 2 heterocycles. The lowest BCUT2D eigenvalue weighted by Crippen LogP contribution is -2.39. The van der Waals surface area contributed by atoms with Gasteiger partial charge in [-0.05, 0) is 68.1 Å². The quantitative estimate of drug-likeness (QED) is 0.670. The number of H-pyrrole nitrogens is 1. The summed E-state index contributed by atoms with van der Waals surface area (Å²) in [6.07, 6.45) is 3.03. The van der Waals surface area contributed by atoms with Gasteiger partial charge in [0.15, 0.2) is 0 Å². The van der Waals surface area contributed by atoms with Crippen LogP contribution in [0.2, 0.25) is 0 Å². The molecule has 3 aromatic rings. The highest BCUT2D eigenvalue weighted by Crippen LogP contribution is 2.25. The number of aromatic amines is 1. The van der Waals surface area contributed by atoms with Gasteiger partial charge in [0.25, 0.3) is 5.91 Å². The number of anilines is 1. The number of benzene rings is 2. The summed E-state index contributed by atoms with van der Waals surface area (Å²) >= 11 is 0. The first-order valence-electron chi connectivity index (χ1n) is 9.68. The van der Waals surface area contributed by atoms with E-state index in [1.807, 2.05) is 38.2 Å². The number of nitrogens with one attached hydrogen (secondary N) is 2. The summed E-state index contributed by atoms with van der Waals surface area (Å²) in [5.41, 5.74) is 6.44. The average molecular weight is 375 g/mol. The van der Waals surface area contributed by atoms with E-state index in [0.717, 1.165) is 23.1 Å². The zero-order chi connectivity index (χ0) is 19.8. The van der Waals surface area contributed by atoms with Crippen molar-refractivity contribution in [1.29, 1.82) is 0 Å². The molecule has 0 aliphatic carbocycles. The van der Waals surface area contributed by atoms with E-state index in [2.05, 4.69) is 35.4 Å². The molecule has 1 aliphatic rings. The Bertz CT molecular complexity index is 1070. The summed E-state index contributed by atoms with van der Waals surface area (Å²) in [5.74, 6) is -0.309. The molecule has 1 aromatic heterocycles. The van der Waals surface area contributed by atoms with E-state index in [0.29, 0.717) is 12.2 Å². The zero-order valence-corrected chi connectivity index (χ0v) is 16.5. The van der Waals surface area contributed by atoms with Crippen molar-refractivity contribution in [3.63, 3.8) is 0 Å². The molecular weight excluding hydrogens is 350 g/mol. The van der Waals surface area contributed by atoms with Crippen LogP contribution in [0.25, 0.3) is 10.9 Å². The molecule has 1 fully saturated rings. The van der Waals surface area contributed by atoms with E-state index in [4.69, 9.17) is 0 Å². The molecule has 2 amide bonds. The number of hydrogen-bond acceptors (Lipinski definition) is 3. The third kappa shape index (κ3) is 3.34. The van der Waals surface area contributed by atoms with Crippen LogP contribution in [0.3, 0.4) is 0 Å². The van der Waals surface area contributed by atoms with Crippen LogP contribution in [-0.4, -0.2) is 29.4 Å². The highest BCUT2D eigenvalue weighted by Gasteiger charge is 2.39. The number of rotatable bonds is 5. The molecule has 0 radical (unpaired) electrons. The predicted molar refractivity (Wildman–Crippen MR) is 112 cm³/mol. The minimum atomic E-state index is -0.457. The van der Waals surface area contributed by atoms with Crippen molar-refractivity contribution in [2.75, 3.05) is 11.4 Å². The molecule has 0 unspecified atom stereocenters. The zero-order valence-electron chi connectivity index (χ0n) is 16.5. The lowest BCUT2D eigenvalue weighted by Gasteiger charge is -2.17. The first kappa shape index (κ1) is 18.4. The minimum Gasteiger partial charge on any atom is -0.361 e. The molecule has 0 bridgehead atoms. The number of hydrogen-bond donors (Lipinski definition) is 2. The number of aryl methyl sites for hydroxylation is 3. The molecule has 2 aromatic carbocycles. The van der Waals surface area contributed by atoms with Crippen molar-refractivity contribution in [3.05, 3.63) is 64.8 Å². The summed E-state index contributed by atoms with van der Waals surface area (Å²) in [5, 5.41) is 4.49. The summed E-state index contributed by atoms with van der Waals surface area (Å²) in [6, 6.07) is 11.6. The normalized spacial score (nSPS) is 17.1. The summed E-state index contributed by atoms with van der Waals surface area (Å²) in [6.45, 7) is 6.73. The van der Waals surface area contributed by atoms with Gasteiger partial charge >= 0.3 is 0 Å². The van der Waals surface area contributed by atoms with Crippen LogP contribution in [0, 0.1) is 20.8 Å². The maximum Gasteiger partial charge on any atom is 0.251 e. The molecule has 5 heteroatoms. The molecule has 28 heavy (non-hydrogen) atoms. The number of imide groups is 1. The third-order valence-corrected chi connectivity index (χ3v) is 5.60. The molecule has 1 atom stereocenters. The van der Waals surface area contributed by atoms with Gasteiger partial charge in [0, 0.05) is 23.6 Å². The Morgan fingerprint density at radius 2 is 1.89 bits per heavy atom. The van der Waals surface area contributed by atoms with Crippen molar-refractivity contribution in [3.8, 4) is 0 Å². The second-order valence-electron chi connectivity index (χ2n) is 7.66. The Morgan fingerprint density at radius 1 is 1.07 bits per heavy atom. The lowest BCUT2D eigenvalue weighted by molar-refractivity contribution is -0.121. The van der Waals surface area contributed by atoms with E-state index < -0.39 is 6.04 Å². The number of nitrogens with zero attached hydrogens (tertiary/aromatic N) is 1. The fourth-order valence-electron chi connectivity index (χ4n) is 3.81. The number of fused-ring (bicyclic) bond motifs is 1. The van der Waals surface area contributed by atoms with Gasteiger partial charge in [0.05, 0.1) is 18.2 Å². The highest BCUT2D eigenvalue weighted by atomic mass is 16.2. The Morgan fingerprint density at radius 3 is 2.68 bits per heavy atom. The molecule has 0 spiro atoms. The molecule has 1 saturated heterocycles. The van der Waals surface area contributed by atoms with E-state index in [-0.39, 0.29) is 18.2 Å². The van der Waals surface area contributed by atoms with Crippen molar-refractivity contribution in [2.45, 2.75) is 39.7 Å². The van der Waals surface area contributed by atoms with Gasteiger partial charge in [0.1, 0.15) is 0 Å². The van der Waals surface area contributed by atoms with Gasteiger partial charge < -0.3 is 10.3 Å². The van der Waals surface area contributed by atoms with Crippen LogP contribution in [0.5, 0.6) is 0 Å². The van der Waals surface area contributed by atoms with Crippen molar-refractivity contribution in [2.24, 2.45) is 0 Å². The lowest BCUT2D eigenvalue weighted by atomic mass is 10.1. The Hall–Kier alpha value is -2.92. The SMILES string of the molecule is Cc1ccc2[nH]cc(CCN[C@@H]3CC(=O)N(c4ccc(C)c(C)c4)C3=O)c2c1. The maximum atomic E-state index is 12.8. The van der Waals surface area contributed by atoms with Crippen molar-refractivity contribution >= 4 is 28.4 Å². The fourth-order valence-corrected chi connectivity index (χ4v) is 3.81. The van der Waals surface area contributed by atoms with Crippen LogP contribution in [-0.2, 0) is 16.0 Å². The van der Waals surface area contributed by atoms with Gasteiger partial charge in [-0.1, -0.05) is 17.7 Å². The summed E-state index contributed by atoms with van der Waals surface area (Å²) < 4.78 is 0. The van der Waals surface area contributed by atoms with E-state index in [1.54, 1.807) is 0 Å². The van der Waals surface area contributed by atoms with Crippen LogP contribution in [0.1, 0.15) is 28.7 Å². The first-order chi connectivity index (χ1) is 13.4. The van der Waals surface area contributed by atoms with Gasteiger partial charge in [-0.25, -0.2) is 4.90 Å². The highest BCUT2D eigenvalue weighted by molar-refractivity contribution is 6.22. The fraction of sp³-hybridized carbons (Fsp3) is 0.304. The summed E-state index contributed by atoms with van der Waals surface area (Å²) in [4.78, 5) is 29.9.